The zero-order chi connectivity index (χ0) is 27.6. The van der Waals surface area contributed by atoms with Crippen molar-refractivity contribution in [1.29, 1.82) is 0 Å². The number of rotatable bonds is 8. The van der Waals surface area contributed by atoms with Crippen LogP contribution in [0.15, 0.2) is 85.8 Å². The summed E-state index contributed by atoms with van der Waals surface area (Å²) in [5, 5.41) is 5.45. The summed E-state index contributed by atoms with van der Waals surface area (Å²) in [6, 6.07) is 18.8. The lowest BCUT2D eigenvalue weighted by Gasteiger charge is -2.38. The van der Waals surface area contributed by atoms with Crippen LogP contribution in [-0.4, -0.2) is 52.1 Å². The Hall–Kier alpha value is -4.89. The molecule has 200 valence electrons. The van der Waals surface area contributed by atoms with E-state index in [0.29, 0.717) is 58.1 Å². The van der Waals surface area contributed by atoms with Gasteiger partial charge in [-0.15, -0.1) is 0 Å². The summed E-state index contributed by atoms with van der Waals surface area (Å²) < 4.78 is 17.7. The van der Waals surface area contributed by atoms with E-state index in [1.807, 2.05) is 42.5 Å². The molecule has 1 saturated heterocycles. The van der Waals surface area contributed by atoms with Crippen molar-refractivity contribution in [1.82, 2.24) is 19.9 Å². The first-order valence-corrected chi connectivity index (χ1v) is 12.9. The Morgan fingerprint density at radius 2 is 1.88 bits per heavy atom. The van der Waals surface area contributed by atoms with E-state index in [-0.39, 0.29) is 12.0 Å². The molecule has 0 bridgehead atoms. The molecule has 0 atom stereocenters. The van der Waals surface area contributed by atoms with Crippen molar-refractivity contribution in [3.63, 3.8) is 0 Å². The van der Waals surface area contributed by atoms with Crippen molar-refractivity contribution in [3.05, 3.63) is 90.9 Å². The lowest BCUT2D eigenvalue weighted by molar-refractivity contribution is -0.134. The number of nitrogens with one attached hydrogen (secondary N) is 1. The largest absolute Gasteiger partial charge is 0.493 e. The van der Waals surface area contributed by atoms with Gasteiger partial charge in [0.25, 0.3) is 0 Å². The minimum absolute atomic E-state index is 0.116. The maximum Gasteiger partial charge on any atom is 0.246 e. The number of para-hydroxylation sites is 1. The van der Waals surface area contributed by atoms with E-state index in [1.165, 1.54) is 12.4 Å². The Bertz CT molecular complexity index is 1760. The molecule has 0 aliphatic carbocycles. The van der Waals surface area contributed by atoms with Crippen LogP contribution < -0.4 is 19.5 Å². The highest BCUT2D eigenvalue weighted by Gasteiger charge is 2.31. The SMILES string of the molecule is C=CC(=O)N1CC(Oc2cc3c(Nc4ccc(Oc5cnc6ccccc6c5)c(Cl)c4)ncnc3cc2OC)C1. The van der Waals surface area contributed by atoms with Crippen molar-refractivity contribution in [2.75, 3.05) is 25.5 Å². The summed E-state index contributed by atoms with van der Waals surface area (Å²) in [4.78, 5) is 26.7. The maximum absolute atomic E-state index is 11.8. The van der Waals surface area contributed by atoms with Gasteiger partial charge >= 0.3 is 0 Å². The van der Waals surface area contributed by atoms with Crippen LogP contribution in [0.25, 0.3) is 21.8 Å². The topological polar surface area (TPSA) is 98.7 Å². The van der Waals surface area contributed by atoms with Gasteiger partial charge in [-0.2, -0.15) is 0 Å². The van der Waals surface area contributed by atoms with E-state index in [9.17, 15) is 4.79 Å². The van der Waals surface area contributed by atoms with E-state index < -0.39 is 0 Å². The van der Waals surface area contributed by atoms with Crippen molar-refractivity contribution in [2.24, 2.45) is 0 Å². The van der Waals surface area contributed by atoms with Gasteiger partial charge in [0.2, 0.25) is 5.91 Å². The summed E-state index contributed by atoms with van der Waals surface area (Å²) in [6.45, 7) is 4.48. The first-order valence-electron chi connectivity index (χ1n) is 12.5. The fourth-order valence-electron chi connectivity index (χ4n) is 4.45. The Morgan fingerprint density at radius 3 is 2.67 bits per heavy atom. The van der Waals surface area contributed by atoms with E-state index in [1.54, 1.807) is 36.4 Å². The molecule has 5 aromatic rings. The predicted octanol–water partition coefficient (Wildman–Crippen LogP) is 6.15. The normalized spacial score (nSPS) is 13.1. The number of carbonyl (C=O) groups excluding carboxylic acids is 1. The molecule has 40 heavy (non-hydrogen) atoms. The molecule has 6 rings (SSSR count). The summed E-state index contributed by atoms with van der Waals surface area (Å²) in [7, 11) is 1.57. The predicted molar refractivity (Wildman–Crippen MR) is 154 cm³/mol. The van der Waals surface area contributed by atoms with Crippen molar-refractivity contribution < 1.29 is 19.0 Å². The Morgan fingerprint density at radius 1 is 1.02 bits per heavy atom. The molecule has 10 heteroatoms. The standard InChI is InChI=1S/C30H24ClN5O4/c1-3-29(37)36-15-21(16-36)40-28-12-22-25(13-27(28)38-2)33-17-34-30(22)35-19-8-9-26(23(31)11-19)39-20-10-18-6-4-5-7-24(18)32-14-20/h3-14,17,21H,1,15-16H2,2H3,(H,33,34,35). The van der Waals surface area contributed by atoms with Crippen LogP contribution in [0.3, 0.4) is 0 Å². The number of likely N-dealkylation sites (tertiary alicyclic amines) is 1. The molecule has 0 radical (unpaired) electrons. The molecule has 2 aromatic heterocycles. The highest BCUT2D eigenvalue weighted by atomic mass is 35.5. The van der Waals surface area contributed by atoms with Gasteiger partial charge in [-0.05, 0) is 42.5 Å². The quantitative estimate of drug-likeness (QED) is 0.228. The van der Waals surface area contributed by atoms with Crippen molar-refractivity contribution in [2.45, 2.75) is 6.10 Å². The Kier molecular flexibility index (Phi) is 6.79. The highest BCUT2D eigenvalue weighted by Crippen LogP contribution is 2.37. The van der Waals surface area contributed by atoms with E-state index in [0.717, 1.165) is 16.3 Å². The first-order chi connectivity index (χ1) is 19.5. The zero-order valence-corrected chi connectivity index (χ0v) is 22.3. The number of pyridine rings is 1. The molecule has 1 aliphatic rings. The molecule has 1 amide bonds. The van der Waals surface area contributed by atoms with Crippen LogP contribution >= 0.6 is 11.6 Å². The molecule has 3 aromatic carbocycles. The number of fused-ring (bicyclic) bond motifs is 2. The number of benzene rings is 3. The van der Waals surface area contributed by atoms with Gasteiger partial charge in [-0.25, -0.2) is 9.97 Å². The number of aromatic nitrogens is 3. The number of hydrogen-bond acceptors (Lipinski definition) is 8. The number of ether oxygens (including phenoxy) is 3. The minimum atomic E-state index is -0.152. The summed E-state index contributed by atoms with van der Waals surface area (Å²) >= 11 is 6.58. The third-order valence-corrected chi connectivity index (χ3v) is 6.83. The summed E-state index contributed by atoms with van der Waals surface area (Å²) in [6.07, 6.45) is 4.29. The van der Waals surface area contributed by atoms with Crippen LogP contribution in [-0.2, 0) is 4.79 Å². The number of carbonyl (C=O) groups is 1. The Balaban J connectivity index is 1.22. The van der Waals surface area contributed by atoms with E-state index >= 15 is 0 Å². The molecule has 0 saturated carbocycles. The lowest BCUT2D eigenvalue weighted by Crippen LogP contribution is -2.55. The fourth-order valence-corrected chi connectivity index (χ4v) is 4.67. The molecule has 9 nitrogen and oxygen atoms in total. The second-order valence-electron chi connectivity index (χ2n) is 9.17. The van der Waals surface area contributed by atoms with E-state index in [2.05, 4.69) is 26.8 Å². The molecule has 0 spiro atoms. The fraction of sp³-hybridized carbons (Fsp3) is 0.133. The van der Waals surface area contributed by atoms with Crippen molar-refractivity contribution >= 4 is 50.8 Å². The number of methoxy groups -OCH3 is 1. The van der Waals surface area contributed by atoms with E-state index in [4.69, 9.17) is 25.8 Å². The van der Waals surface area contributed by atoms with Crippen molar-refractivity contribution in [3.8, 4) is 23.0 Å². The third kappa shape index (κ3) is 5.06. The van der Waals surface area contributed by atoms with Crippen LogP contribution in [0.1, 0.15) is 0 Å². The zero-order valence-electron chi connectivity index (χ0n) is 21.5. The van der Waals surface area contributed by atoms with Crippen LogP contribution in [0.4, 0.5) is 11.5 Å². The van der Waals surface area contributed by atoms with Crippen LogP contribution in [0, 0.1) is 0 Å². The Labute approximate surface area is 235 Å². The number of hydrogen-bond donors (Lipinski definition) is 1. The molecule has 0 unspecified atom stereocenters. The van der Waals surface area contributed by atoms with Gasteiger partial charge in [-0.3, -0.25) is 9.78 Å². The van der Waals surface area contributed by atoms with Gasteiger partial charge in [-0.1, -0.05) is 36.4 Å². The highest BCUT2D eigenvalue weighted by molar-refractivity contribution is 6.32. The average molecular weight is 554 g/mol. The molecule has 3 heterocycles. The summed E-state index contributed by atoms with van der Waals surface area (Å²) in [5.74, 6) is 2.62. The van der Waals surface area contributed by atoms with Gasteiger partial charge < -0.3 is 24.4 Å². The first kappa shape index (κ1) is 25.4. The number of nitrogens with zero attached hydrogens (tertiary/aromatic N) is 4. The molecule has 1 fully saturated rings. The number of halogens is 1. The van der Waals surface area contributed by atoms with Gasteiger partial charge in [0.05, 0.1) is 42.5 Å². The van der Waals surface area contributed by atoms with Gasteiger partial charge in [0.15, 0.2) is 11.5 Å². The van der Waals surface area contributed by atoms with Gasteiger partial charge in [0.1, 0.15) is 29.7 Å². The second kappa shape index (κ2) is 10.7. The third-order valence-electron chi connectivity index (χ3n) is 6.54. The van der Waals surface area contributed by atoms with Gasteiger partial charge in [0, 0.05) is 22.5 Å². The molecule has 1 aliphatic heterocycles. The number of amides is 1. The molecule has 1 N–H and O–H groups in total. The number of anilines is 2. The monoisotopic (exact) mass is 553 g/mol. The maximum atomic E-state index is 11.8. The minimum Gasteiger partial charge on any atom is -0.493 e. The van der Waals surface area contributed by atoms with Crippen LogP contribution in [0.2, 0.25) is 5.02 Å². The lowest BCUT2D eigenvalue weighted by atomic mass is 10.1. The molecular weight excluding hydrogens is 530 g/mol. The average Bonchev–Trinajstić information content (AvgIpc) is 2.95. The molecular formula is C30H24ClN5O4. The second-order valence-corrected chi connectivity index (χ2v) is 9.57. The summed E-state index contributed by atoms with van der Waals surface area (Å²) in [5.41, 5.74) is 2.28. The smallest absolute Gasteiger partial charge is 0.246 e. The van der Waals surface area contributed by atoms with Crippen LogP contribution in [0.5, 0.6) is 23.0 Å².